The number of fused-ring (bicyclic) bond motifs is 1. The van der Waals surface area contributed by atoms with Crippen LogP contribution in [0, 0.1) is 0 Å². The summed E-state index contributed by atoms with van der Waals surface area (Å²) in [5.74, 6) is 0.432. The van der Waals surface area contributed by atoms with Gasteiger partial charge >= 0.3 is 5.97 Å². The number of nitrogens with zero attached hydrogens (tertiary/aromatic N) is 3. The van der Waals surface area contributed by atoms with Gasteiger partial charge in [-0.1, -0.05) is 29.8 Å². The van der Waals surface area contributed by atoms with E-state index in [1.807, 2.05) is 85.2 Å². The number of rotatable bonds is 7. The van der Waals surface area contributed by atoms with Crippen molar-refractivity contribution in [2.24, 2.45) is 4.99 Å². The van der Waals surface area contributed by atoms with Gasteiger partial charge in [-0.05, 0) is 114 Å². The highest BCUT2D eigenvalue weighted by molar-refractivity contribution is 14.1. The van der Waals surface area contributed by atoms with Crippen molar-refractivity contribution < 1.29 is 9.53 Å². The van der Waals surface area contributed by atoms with Gasteiger partial charge < -0.3 is 13.6 Å². The zero-order valence-electron chi connectivity index (χ0n) is 19.9. The molecule has 9 heteroatoms. The largest absolute Gasteiger partial charge is 0.459 e. The maximum atomic E-state index is 12.7. The van der Waals surface area contributed by atoms with E-state index in [1.165, 1.54) is 18.1 Å². The first-order valence-corrected chi connectivity index (χ1v) is 13.3. The van der Waals surface area contributed by atoms with Gasteiger partial charge in [0.25, 0.3) is 0 Å². The number of esters is 1. The maximum absolute atomic E-state index is 12.7. The van der Waals surface area contributed by atoms with Crippen LogP contribution in [0.2, 0.25) is 10.0 Å². The van der Waals surface area contributed by atoms with Crippen molar-refractivity contribution in [2.45, 2.75) is 38.2 Å². The molecule has 5 nitrogen and oxygen atoms in total. The van der Waals surface area contributed by atoms with Gasteiger partial charge in [0.1, 0.15) is 18.0 Å². The lowest BCUT2D eigenvalue weighted by Crippen LogP contribution is -2.31. The molecule has 3 aromatic rings. The van der Waals surface area contributed by atoms with Crippen LogP contribution >= 0.6 is 57.7 Å². The van der Waals surface area contributed by atoms with Gasteiger partial charge in [0.05, 0.1) is 5.52 Å². The Morgan fingerprint density at radius 1 is 1.20 bits per heavy atom. The van der Waals surface area contributed by atoms with E-state index in [0.717, 1.165) is 30.9 Å². The van der Waals surface area contributed by atoms with Crippen molar-refractivity contribution in [1.82, 2.24) is 4.57 Å². The van der Waals surface area contributed by atoms with Crippen LogP contribution in [-0.4, -0.2) is 28.5 Å². The number of allylic oxidation sites excluding steroid dienone is 2. The summed E-state index contributed by atoms with van der Waals surface area (Å²) < 4.78 is 10.6. The lowest BCUT2D eigenvalue weighted by molar-refractivity contribution is -0.152. The van der Waals surface area contributed by atoms with Crippen LogP contribution in [0.5, 0.6) is 0 Å². The van der Waals surface area contributed by atoms with Crippen LogP contribution in [0.4, 0.5) is 5.69 Å². The zero-order valence-corrected chi connectivity index (χ0v) is 24.4. The molecule has 1 aromatic heterocycles. The molecule has 0 aliphatic heterocycles. The van der Waals surface area contributed by atoms with Gasteiger partial charge in [-0.25, -0.2) is 4.99 Å². The number of ether oxygens (including phenoxy) is 1. The van der Waals surface area contributed by atoms with Crippen LogP contribution in [0.3, 0.4) is 0 Å². The van der Waals surface area contributed by atoms with Crippen molar-refractivity contribution in [3.63, 3.8) is 0 Å². The summed E-state index contributed by atoms with van der Waals surface area (Å²) in [4.78, 5) is 18.0. The summed E-state index contributed by atoms with van der Waals surface area (Å²) in [5.41, 5.74) is 1.24. The van der Waals surface area contributed by atoms with Crippen LogP contribution in [0.25, 0.3) is 10.9 Å². The van der Waals surface area contributed by atoms with E-state index in [2.05, 4.69) is 34.2 Å². The van der Waals surface area contributed by atoms with Crippen molar-refractivity contribution in [2.75, 3.05) is 10.8 Å². The highest BCUT2D eigenvalue weighted by atomic mass is 127. The average Bonchev–Trinajstić information content (AvgIpc) is 3.13. The Morgan fingerprint density at radius 2 is 1.89 bits per heavy atom. The SMILES string of the molecule is C=C/N=C(\C=C(/C)I)n1ccc2cc(N(CC(=O)OC(C)(C)C)Sc3cc(Cl)cc(Cl)c3)ccc21. The molecule has 0 fully saturated rings. The topological polar surface area (TPSA) is 46.8 Å². The first-order chi connectivity index (χ1) is 16.4. The van der Waals surface area contributed by atoms with E-state index in [9.17, 15) is 4.79 Å². The molecule has 0 saturated carbocycles. The Balaban J connectivity index is 2.01. The third kappa shape index (κ3) is 8.03. The molecule has 1 heterocycles. The van der Waals surface area contributed by atoms with Gasteiger partial charge in [-0.15, -0.1) is 0 Å². The zero-order chi connectivity index (χ0) is 25.8. The van der Waals surface area contributed by atoms with Crippen LogP contribution < -0.4 is 4.31 Å². The fourth-order valence-electron chi connectivity index (χ4n) is 3.30. The number of hydrogen-bond donors (Lipinski definition) is 0. The molecule has 0 saturated heterocycles. The van der Waals surface area contributed by atoms with Gasteiger partial charge in [0.2, 0.25) is 0 Å². The predicted molar refractivity (Wildman–Crippen MR) is 158 cm³/mol. The summed E-state index contributed by atoms with van der Waals surface area (Å²) >= 11 is 16.0. The number of aromatic nitrogens is 1. The first kappa shape index (κ1) is 27.6. The van der Waals surface area contributed by atoms with E-state index in [-0.39, 0.29) is 12.5 Å². The lowest BCUT2D eigenvalue weighted by atomic mass is 10.2. The average molecular weight is 642 g/mol. The third-order valence-corrected chi connectivity index (χ3v) is 6.26. The monoisotopic (exact) mass is 641 g/mol. The number of halogens is 3. The number of benzene rings is 2. The summed E-state index contributed by atoms with van der Waals surface area (Å²) in [7, 11) is 0. The second-order valence-electron chi connectivity index (χ2n) is 8.65. The molecule has 2 aromatic carbocycles. The Labute approximate surface area is 234 Å². The minimum absolute atomic E-state index is 0.0399. The van der Waals surface area contributed by atoms with Crippen LogP contribution in [0.1, 0.15) is 27.7 Å². The van der Waals surface area contributed by atoms with E-state index in [0.29, 0.717) is 10.0 Å². The highest BCUT2D eigenvalue weighted by Gasteiger charge is 2.21. The maximum Gasteiger partial charge on any atom is 0.327 e. The quantitative estimate of drug-likeness (QED) is 0.0853. The molecule has 0 unspecified atom stereocenters. The van der Waals surface area contributed by atoms with E-state index >= 15 is 0 Å². The molecule has 0 bridgehead atoms. The number of carbonyl (C=O) groups is 1. The molecular formula is C26H26Cl2IN3O2S. The smallest absolute Gasteiger partial charge is 0.327 e. The van der Waals surface area contributed by atoms with Gasteiger partial charge in [-0.2, -0.15) is 0 Å². The molecule has 0 atom stereocenters. The third-order valence-electron chi connectivity index (χ3n) is 4.50. The number of aliphatic imine (C=N–C) groups is 1. The van der Waals surface area contributed by atoms with Gasteiger partial charge in [0.15, 0.2) is 0 Å². The van der Waals surface area contributed by atoms with Gasteiger partial charge in [-0.3, -0.25) is 4.79 Å². The van der Waals surface area contributed by atoms with E-state index < -0.39 is 5.60 Å². The van der Waals surface area contributed by atoms with Crippen molar-refractivity contribution >= 4 is 86.1 Å². The molecule has 0 radical (unpaired) electrons. The summed E-state index contributed by atoms with van der Waals surface area (Å²) in [6.07, 6.45) is 5.49. The normalized spacial score (nSPS) is 12.7. The Bertz CT molecular complexity index is 1290. The molecule has 3 rings (SSSR count). The summed E-state index contributed by atoms with van der Waals surface area (Å²) in [6.45, 7) is 11.3. The second-order valence-corrected chi connectivity index (χ2v) is 12.3. The number of anilines is 1. The molecule has 35 heavy (non-hydrogen) atoms. The fourth-order valence-corrected chi connectivity index (χ4v) is 5.24. The molecule has 184 valence electrons. The van der Waals surface area contributed by atoms with Crippen LogP contribution in [-0.2, 0) is 9.53 Å². The van der Waals surface area contributed by atoms with E-state index in [4.69, 9.17) is 27.9 Å². The Kier molecular flexibility index (Phi) is 9.37. The molecule has 0 amide bonds. The minimum atomic E-state index is -0.584. The molecular weight excluding hydrogens is 616 g/mol. The van der Waals surface area contributed by atoms with Crippen LogP contribution in [0.15, 0.2) is 81.0 Å². The molecule has 0 aliphatic rings. The predicted octanol–water partition coefficient (Wildman–Crippen LogP) is 8.53. The van der Waals surface area contributed by atoms with Gasteiger partial charge in [0, 0.05) is 38.4 Å². The molecule has 0 spiro atoms. The van der Waals surface area contributed by atoms with E-state index in [1.54, 1.807) is 6.07 Å². The van der Waals surface area contributed by atoms with Crippen molar-refractivity contribution in [1.29, 1.82) is 0 Å². The Hall–Kier alpha value is -1.94. The summed E-state index contributed by atoms with van der Waals surface area (Å²) in [6, 6.07) is 13.3. The second kappa shape index (κ2) is 11.9. The fraction of sp³-hybridized carbons (Fsp3) is 0.231. The van der Waals surface area contributed by atoms with Crippen molar-refractivity contribution in [3.05, 3.63) is 81.1 Å². The highest BCUT2D eigenvalue weighted by Crippen LogP contribution is 2.34. The number of carbonyl (C=O) groups excluding carboxylic acids is 1. The van der Waals surface area contributed by atoms with Crippen molar-refractivity contribution in [3.8, 4) is 0 Å². The molecule has 0 aliphatic carbocycles. The minimum Gasteiger partial charge on any atom is -0.459 e. The molecule has 0 N–H and O–H groups in total. The lowest BCUT2D eigenvalue weighted by Gasteiger charge is -2.26. The summed E-state index contributed by atoms with van der Waals surface area (Å²) in [5, 5.41) is 2.05. The first-order valence-electron chi connectivity index (χ1n) is 10.7. The Morgan fingerprint density at radius 3 is 2.49 bits per heavy atom. The standard InChI is InChI=1S/C26H26Cl2IN3O2S/c1-6-30-24(11-17(2)29)31-10-9-18-12-21(7-8-23(18)31)32(16-25(33)34-26(3,4)5)35-22-14-19(27)13-20(28)15-22/h6-15H,1,16H2,2-5H3/b17-11+,30-24+. The number of hydrogen-bond acceptors (Lipinski definition) is 5.